The number of halogens is 3. The van der Waals surface area contributed by atoms with E-state index in [4.69, 9.17) is 13.0 Å². The molecule has 0 spiro atoms. The highest BCUT2D eigenvalue weighted by molar-refractivity contribution is 7.86. The van der Waals surface area contributed by atoms with Crippen molar-refractivity contribution in [3.63, 3.8) is 0 Å². The van der Waals surface area contributed by atoms with Crippen LogP contribution in [0.15, 0.2) is 0 Å². The Morgan fingerprint density at radius 2 is 1.81 bits per heavy atom. The maximum absolute atomic E-state index is 10.7. The van der Waals surface area contributed by atoms with Crippen molar-refractivity contribution in [1.82, 2.24) is 0 Å². The third kappa shape index (κ3) is 9.31. The van der Waals surface area contributed by atoms with Crippen molar-refractivity contribution < 1.29 is 31.0 Å². The van der Waals surface area contributed by atoms with Crippen molar-refractivity contribution in [2.24, 2.45) is 5.92 Å². The Hall–Kier alpha value is -0.340. The second-order valence-corrected chi connectivity index (χ2v) is 6.85. The van der Waals surface area contributed by atoms with Gasteiger partial charge in [-0.3, -0.25) is 0 Å². The number of hydrogen-bond donors (Lipinski definition) is 1. The van der Waals surface area contributed by atoms with Crippen LogP contribution in [0.1, 0.15) is 52.4 Å². The first-order chi connectivity index (χ1) is 9.61. The summed E-state index contributed by atoms with van der Waals surface area (Å²) in [5, 5.41) is 0. The molecule has 1 saturated heterocycles. The van der Waals surface area contributed by atoms with Crippen LogP contribution in [-0.2, 0) is 10.1 Å². The molecule has 1 heterocycles. The molecule has 2 atom stereocenters. The molecular formula is C13H26F3NO3S. The number of unbranched alkanes of at least 4 members (excludes halogenated alkanes) is 2. The second kappa shape index (κ2) is 9.63. The van der Waals surface area contributed by atoms with E-state index in [1.165, 1.54) is 58.2 Å². The molecule has 4 nitrogen and oxygen atoms in total. The van der Waals surface area contributed by atoms with Gasteiger partial charge in [-0.25, -0.2) is 8.42 Å². The molecule has 0 saturated carbocycles. The van der Waals surface area contributed by atoms with Gasteiger partial charge < -0.3 is 9.45 Å². The molecule has 1 aliphatic rings. The molecule has 0 aromatic heterocycles. The lowest BCUT2D eigenvalue weighted by molar-refractivity contribution is -0.909. The van der Waals surface area contributed by atoms with Crippen LogP contribution in [0, 0.1) is 5.92 Å². The molecule has 1 aliphatic heterocycles. The summed E-state index contributed by atoms with van der Waals surface area (Å²) >= 11 is 0. The number of nitrogens with one attached hydrogen (secondary N) is 1. The normalized spacial score (nSPS) is 23.3. The Bertz CT molecular complexity index is 371. The van der Waals surface area contributed by atoms with Crippen molar-refractivity contribution in [2.75, 3.05) is 19.6 Å². The van der Waals surface area contributed by atoms with Crippen LogP contribution in [0.25, 0.3) is 0 Å². The zero-order chi connectivity index (χ0) is 16.5. The predicted octanol–water partition coefficient (Wildman–Crippen LogP) is 1.93. The third-order valence-corrected chi connectivity index (χ3v) is 4.28. The van der Waals surface area contributed by atoms with E-state index in [9.17, 15) is 13.2 Å². The molecule has 8 heteroatoms. The van der Waals surface area contributed by atoms with Crippen LogP contribution < -0.4 is 4.90 Å². The maximum atomic E-state index is 10.7. The zero-order valence-electron chi connectivity index (χ0n) is 12.7. The van der Waals surface area contributed by atoms with Gasteiger partial charge in [-0.15, -0.1) is 0 Å². The molecule has 1 fully saturated rings. The quantitative estimate of drug-likeness (QED) is 0.475. The fourth-order valence-electron chi connectivity index (χ4n) is 2.45. The second-order valence-electron chi connectivity index (χ2n) is 5.48. The van der Waals surface area contributed by atoms with Gasteiger partial charge in [-0.1, -0.05) is 20.3 Å². The van der Waals surface area contributed by atoms with Crippen molar-refractivity contribution in [3.05, 3.63) is 0 Å². The van der Waals surface area contributed by atoms with Gasteiger partial charge in [0.25, 0.3) is 0 Å². The highest BCUT2D eigenvalue weighted by Crippen LogP contribution is 2.20. The van der Waals surface area contributed by atoms with Crippen molar-refractivity contribution in [3.8, 4) is 0 Å². The number of hydrogen-bond acceptors (Lipinski definition) is 3. The van der Waals surface area contributed by atoms with E-state index < -0.39 is 15.6 Å². The Morgan fingerprint density at radius 3 is 2.24 bits per heavy atom. The average Bonchev–Trinajstić information content (AvgIpc) is 2.38. The minimum Gasteiger partial charge on any atom is -0.741 e. The number of quaternary nitrogens is 1. The lowest BCUT2D eigenvalue weighted by atomic mass is 9.95. The number of alkyl halides is 3. The van der Waals surface area contributed by atoms with Gasteiger partial charge in [-0.2, -0.15) is 13.2 Å². The summed E-state index contributed by atoms with van der Waals surface area (Å²) in [6, 6.07) is 0. The highest BCUT2D eigenvalue weighted by atomic mass is 32.2. The SMILES string of the molecule is CCCCC[NH+]1CCCC(CC)C1.O=S(=O)([O-])C(F)(F)F. The summed E-state index contributed by atoms with van der Waals surface area (Å²) < 4.78 is 58.9. The number of likely N-dealkylation sites (tertiary alicyclic amines) is 1. The van der Waals surface area contributed by atoms with Crippen LogP contribution in [0.2, 0.25) is 0 Å². The summed E-state index contributed by atoms with van der Waals surface area (Å²) in [5.74, 6) is 1.03. The van der Waals surface area contributed by atoms with E-state index in [1.54, 1.807) is 0 Å². The fourth-order valence-corrected chi connectivity index (χ4v) is 2.45. The Balaban J connectivity index is 0.000000433. The fraction of sp³-hybridized carbons (Fsp3) is 1.00. The highest BCUT2D eigenvalue weighted by Gasteiger charge is 2.36. The van der Waals surface area contributed by atoms with E-state index in [0.717, 1.165) is 5.92 Å². The first-order valence-corrected chi connectivity index (χ1v) is 8.88. The summed E-state index contributed by atoms with van der Waals surface area (Å²) in [6.07, 6.45) is 8.61. The monoisotopic (exact) mass is 333 g/mol. The van der Waals surface area contributed by atoms with Crippen molar-refractivity contribution >= 4 is 10.1 Å². The van der Waals surface area contributed by atoms with Gasteiger partial charge in [0.15, 0.2) is 10.1 Å². The molecule has 0 bridgehead atoms. The van der Waals surface area contributed by atoms with Gasteiger partial charge in [0.1, 0.15) is 0 Å². The molecule has 2 unspecified atom stereocenters. The van der Waals surface area contributed by atoms with Gasteiger partial charge in [0.2, 0.25) is 0 Å². The van der Waals surface area contributed by atoms with E-state index in [1.807, 2.05) is 4.90 Å². The summed E-state index contributed by atoms with van der Waals surface area (Å²) in [5.41, 5.74) is -5.65. The molecule has 0 aromatic rings. The van der Waals surface area contributed by atoms with Crippen LogP contribution in [0.4, 0.5) is 13.2 Å². The molecule has 0 radical (unpaired) electrons. The van der Waals surface area contributed by atoms with Crippen LogP contribution in [-0.4, -0.2) is 38.1 Å². The molecule has 128 valence electrons. The Morgan fingerprint density at radius 1 is 1.24 bits per heavy atom. The average molecular weight is 333 g/mol. The smallest absolute Gasteiger partial charge is 0.485 e. The van der Waals surface area contributed by atoms with Crippen molar-refractivity contribution in [2.45, 2.75) is 57.9 Å². The summed E-state index contributed by atoms with van der Waals surface area (Å²) in [6.45, 7) is 8.98. The standard InChI is InChI=1S/C12H25N.CHF3O3S/c1-3-5-6-9-13-10-7-8-12(4-2)11-13;2-1(3,4)8(5,6)7/h12H,3-11H2,1-2H3;(H,5,6,7). The largest absolute Gasteiger partial charge is 0.741 e. The molecule has 1 rings (SSSR count). The van der Waals surface area contributed by atoms with Gasteiger partial charge in [0, 0.05) is 5.92 Å². The zero-order valence-corrected chi connectivity index (χ0v) is 13.5. The number of piperidine rings is 1. The van der Waals surface area contributed by atoms with E-state index >= 15 is 0 Å². The molecule has 0 aliphatic carbocycles. The Labute approximate surface area is 125 Å². The molecular weight excluding hydrogens is 307 g/mol. The maximum Gasteiger partial charge on any atom is 0.485 e. The minimum atomic E-state index is -6.09. The van der Waals surface area contributed by atoms with E-state index in [0.29, 0.717) is 0 Å². The number of rotatable bonds is 5. The molecule has 0 aromatic carbocycles. The van der Waals surface area contributed by atoms with Gasteiger partial charge >= 0.3 is 5.51 Å². The molecule has 1 N–H and O–H groups in total. The molecule has 21 heavy (non-hydrogen) atoms. The van der Waals surface area contributed by atoms with Gasteiger partial charge in [-0.05, 0) is 32.1 Å². The summed E-state index contributed by atoms with van der Waals surface area (Å²) in [7, 11) is -6.09. The first kappa shape index (κ1) is 20.7. The third-order valence-electron chi connectivity index (χ3n) is 3.71. The van der Waals surface area contributed by atoms with Crippen LogP contribution in [0.3, 0.4) is 0 Å². The van der Waals surface area contributed by atoms with Crippen molar-refractivity contribution in [1.29, 1.82) is 0 Å². The van der Waals surface area contributed by atoms with E-state index in [2.05, 4.69) is 13.8 Å². The molecule has 0 amide bonds. The lowest BCUT2D eigenvalue weighted by Gasteiger charge is -2.29. The van der Waals surface area contributed by atoms with E-state index in [-0.39, 0.29) is 0 Å². The van der Waals surface area contributed by atoms with Crippen LogP contribution in [0.5, 0.6) is 0 Å². The van der Waals surface area contributed by atoms with Gasteiger partial charge in [0.05, 0.1) is 19.6 Å². The van der Waals surface area contributed by atoms with Crippen LogP contribution >= 0.6 is 0 Å². The minimum absolute atomic E-state index is 1.03. The predicted molar refractivity (Wildman–Crippen MR) is 73.9 cm³/mol. The first-order valence-electron chi connectivity index (χ1n) is 7.47. The summed E-state index contributed by atoms with van der Waals surface area (Å²) in [4.78, 5) is 1.88. The lowest BCUT2D eigenvalue weighted by Crippen LogP contribution is -3.13. The Kier molecular flexibility index (Phi) is 9.48. The topological polar surface area (TPSA) is 61.6 Å².